The Kier molecular flexibility index (Phi) is 3.75. The molecule has 7 heteroatoms. The Bertz CT molecular complexity index is 647. The third-order valence-electron chi connectivity index (χ3n) is 2.50. The van der Waals surface area contributed by atoms with Crippen LogP contribution < -0.4 is 10.5 Å². The largest absolute Gasteiger partial charge is 0.492 e. The zero-order valence-corrected chi connectivity index (χ0v) is 11.3. The van der Waals surface area contributed by atoms with Crippen molar-refractivity contribution in [1.29, 1.82) is 0 Å². The zero-order valence-electron chi connectivity index (χ0n) is 10.5. The molecule has 0 aliphatic carbocycles. The Balaban J connectivity index is 1.90. The second-order valence-corrected chi connectivity index (χ2v) is 6.11. The van der Waals surface area contributed by atoms with Crippen LogP contribution in [0.15, 0.2) is 41.4 Å². The van der Waals surface area contributed by atoms with Crippen molar-refractivity contribution in [3.8, 4) is 5.75 Å². The number of hydrogen-bond donors (Lipinski definition) is 1. The van der Waals surface area contributed by atoms with Gasteiger partial charge >= 0.3 is 0 Å². The highest BCUT2D eigenvalue weighted by Gasteiger charge is 2.06. The number of anilines is 1. The minimum Gasteiger partial charge on any atom is -0.492 e. The van der Waals surface area contributed by atoms with Crippen LogP contribution in [0.2, 0.25) is 0 Å². The van der Waals surface area contributed by atoms with E-state index in [0.29, 0.717) is 24.7 Å². The van der Waals surface area contributed by atoms with Crippen molar-refractivity contribution < 1.29 is 13.2 Å². The van der Waals surface area contributed by atoms with E-state index in [1.165, 1.54) is 18.4 Å². The number of nitrogens with two attached hydrogens (primary N) is 1. The van der Waals surface area contributed by atoms with Crippen LogP contribution in [-0.2, 0) is 16.4 Å². The molecule has 2 aromatic rings. The number of aromatic nitrogens is 2. The molecule has 102 valence electrons. The summed E-state index contributed by atoms with van der Waals surface area (Å²) in [6.45, 7) is 1.00. The first-order chi connectivity index (χ1) is 8.95. The number of nitrogens with zero attached hydrogens (tertiary/aromatic N) is 2. The van der Waals surface area contributed by atoms with Gasteiger partial charge in [0.2, 0.25) is 0 Å². The molecule has 6 nitrogen and oxygen atoms in total. The Morgan fingerprint density at radius 1 is 1.26 bits per heavy atom. The molecule has 0 amide bonds. The predicted molar refractivity (Wildman–Crippen MR) is 71.7 cm³/mol. The van der Waals surface area contributed by atoms with E-state index in [1.807, 2.05) is 0 Å². The fourth-order valence-electron chi connectivity index (χ4n) is 1.54. The average molecular weight is 281 g/mol. The van der Waals surface area contributed by atoms with Gasteiger partial charge in [0.25, 0.3) is 0 Å². The zero-order chi connectivity index (χ0) is 13.9. The van der Waals surface area contributed by atoms with E-state index in [0.717, 1.165) is 0 Å². The highest BCUT2D eigenvalue weighted by Crippen LogP contribution is 2.15. The molecule has 0 radical (unpaired) electrons. The Labute approximate surface area is 111 Å². The Morgan fingerprint density at radius 2 is 1.95 bits per heavy atom. The normalized spacial score (nSPS) is 11.4. The second-order valence-electron chi connectivity index (χ2n) is 4.10. The van der Waals surface area contributed by atoms with Gasteiger partial charge < -0.3 is 10.5 Å². The summed E-state index contributed by atoms with van der Waals surface area (Å²) in [4.78, 5) is 0.277. The minimum atomic E-state index is -3.16. The molecular weight excluding hydrogens is 266 g/mol. The fraction of sp³-hybridized carbons (Fsp3) is 0.250. The molecule has 0 bridgehead atoms. The monoisotopic (exact) mass is 281 g/mol. The van der Waals surface area contributed by atoms with Crippen LogP contribution in [0.25, 0.3) is 0 Å². The lowest BCUT2D eigenvalue weighted by Gasteiger charge is -2.06. The van der Waals surface area contributed by atoms with Crippen molar-refractivity contribution in [1.82, 2.24) is 9.78 Å². The van der Waals surface area contributed by atoms with Crippen LogP contribution in [0.3, 0.4) is 0 Å². The molecule has 0 saturated heterocycles. The number of hydrogen-bond acceptors (Lipinski definition) is 5. The van der Waals surface area contributed by atoms with E-state index < -0.39 is 9.84 Å². The van der Waals surface area contributed by atoms with E-state index in [2.05, 4.69) is 5.10 Å². The number of sulfone groups is 1. The first-order valence-electron chi connectivity index (χ1n) is 5.67. The number of nitrogen functional groups attached to an aromatic ring is 1. The van der Waals surface area contributed by atoms with Crippen molar-refractivity contribution in [2.24, 2.45) is 0 Å². The van der Waals surface area contributed by atoms with Gasteiger partial charge in [0.15, 0.2) is 9.84 Å². The lowest BCUT2D eigenvalue weighted by molar-refractivity contribution is 0.291. The molecule has 0 saturated carbocycles. The third-order valence-corrected chi connectivity index (χ3v) is 3.63. The van der Waals surface area contributed by atoms with Crippen molar-refractivity contribution in [3.63, 3.8) is 0 Å². The highest BCUT2D eigenvalue weighted by molar-refractivity contribution is 7.90. The van der Waals surface area contributed by atoms with Gasteiger partial charge in [0.1, 0.15) is 18.2 Å². The minimum absolute atomic E-state index is 0.277. The highest BCUT2D eigenvalue weighted by atomic mass is 32.2. The van der Waals surface area contributed by atoms with E-state index in [-0.39, 0.29) is 4.90 Å². The number of ether oxygens (including phenoxy) is 1. The van der Waals surface area contributed by atoms with Gasteiger partial charge in [-0.3, -0.25) is 4.68 Å². The smallest absolute Gasteiger partial charge is 0.175 e. The van der Waals surface area contributed by atoms with Crippen molar-refractivity contribution in [2.75, 3.05) is 18.6 Å². The molecule has 0 aliphatic rings. The molecule has 0 aliphatic heterocycles. The average Bonchev–Trinajstić information content (AvgIpc) is 2.75. The summed E-state index contributed by atoms with van der Waals surface area (Å²) < 4.78 is 29.7. The fourth-order valence-corrected chi connectivity index (χ4v) is 2.17. The quantitative estimate of drug-likeness (QED) is 0.881. The van der Waals surface area contributed by atoms with Crippen LogP contribution in [0.5, 0.6) is 5.75 Å². The maximum absolute atomic E-state index is 11.3. The van der Waals surface area contributed by atoms with E-state index in [4.69, 9.17) is 10.5 Å². The Hall–Kier alpha value is -2.02. The topological polar surface area (TPSA) is 87.2 Å². The van der Waals surface area contributed by atoms with E-state index >= 15 is 0 Å². The molecule has 0 atom stereocenters. The summed E-state index contributed by atoms with van der Waals surface area (Å²) in [6.07, 6.45) is 2.94. The van der Waals surface area contributed by atoms with Crippen LogP contribution >= 0.6 is 0 Å². The Morgan fingerprint density at radius 3 is 2.47 bits per heavy atom. The third kappa shape index (κ3) is 3.72. The molecule has 0 fully saturated rings. The van der Waals surface area contributed by atoms with Crippen LogP contribution in [0.1, 0.15) is 0 Å². The molecule has 1 heterocycles. The second kappa shape index (κ2) is 5.31. The molecule has 0 unspecified atom stereocenters. The van der Waals surface area contributed by atoms with Gasteiger partial charge in [0.05, 0.1) is 11.4 Å². The SMILES string of the molecule is CS(=O)(=O)c1ccc(OCCn2ccc(N)n2)cc1. The molecule has 2 N–H and O–H groups in total. The summed E-state index contributed by atoms with van der Waals surface area (Å²) in [5, 5.41) is 4.02. The van der Waals surface area contributed by atoms with Crippen molar-refractivity contribution in [3.05, 3.63) is 36.5 Å². The van der Waals surface area contributed by atoms with Gasteiger partial charge in [-0.25, -0.2) is 8.42 Å². The van der Waals surface area contributed by atoms with Crippen LogP contribution in [0, 0.1) is 0 Å². The lowest BCUT2D eigenvalue weighted by atomic mass is 10.3. The van der Waals surface area contributed by atoms with Gasteiger partial charge in [-0.05, 0) is 30.3 Å². The molecule has 1 aromatic carbocycles. The van der Waals surface area contributed by atoms with Gasteiger partial charge in [-0.2, -0.15) is 5.10 Å². The van der Waals surface area contributed by atoms with Crippen LogP contribution in [0.4, 0.5) is 5.82 Å². The maximum Gasteiger partial charge on any atom is 0.175 e. The summed E-state index contributed by atoms with van der Waals surface area (Å²) in [5.74, 6) is 1.09. The van der Waals surface area contributed by atoms with Gasteiger partial charge in [-0.1, -0.05) is 0 Å². The molecule has 2 rings (SSSR count). The summed E-state index contributed by atoms with van der Waals surface area (Å²) >= 11 is 0. The van der Waals surface area contributed by atoms with Crippen molar-refractivity contribution in [2.45, 2.75) is 11.4 Å². The molecule has 1 aromatic heterocycles. The van der Waals surface area contributed by atoms with Gasteiger partial charge in [-0.15, -0.1) is 0 Å². The number of rotatable bonds is 5. The first-order valence-corrected chi connectivity index (χ1v) is 7.56. The lowest BCUT2D eigenvalue weighted by Crippen LogP contribution is -2.09. The summed E-state index contributed by atoms with van der Waals surface area (Å²) in [5.41, 5.74) is 5.49. The van der Waals surface area contributed by atoms with E-state index in [1.54, 1.807) is 29.1 Å². The van der Waals surface area contributed by atoms with Crippen molar-refractivity contribution >= 4 is 15.7 Å². The van der Waals surface area contributed by atoms with Gasteiger partial charge in [0, 0.05) is 12.5 Å². The molecular formula is C12H15N3O3S. The maximum atomic E-state index is 11.3. The number of benzene rings is 1. The van der Waals surface area contributed by atoms with E-state index in [9.17, 15) is 8.42 Å². The van der Waals surface area contributed by atoms with Crippen LogP contribution in [-0.4, -0.2) is 31.1 Å². The first kappa shape index (κ1) is 13.4. The predicted octanol–water partition coefficient (Wildman–Crippen LogP) is 0.948. The molecule has 0 spiro atoms. The summed E-state index contributed by atoms with van der Waals surface area (Å²) in [7, 11) is -3.16. The summed E-state index contributed by atoms with van der Waals surface area (Å²) in [6, 6.07) is 8.02. The molecule has 19 heavy (non-hydrogen) atoms. The standard InChI is InChI=1S/C12H15N3O3S/c1-19(16,17)11-4-2-10(3-5-11)18-9-8-15-7-6-12(13)14-15/h2-7H,8-9H2,1H3,(H2,13,14).